The van der Waals surface area contributed by atoms with Crippen molar-refractivity contribution in [1.82, 2.24) is 0 Å². The molecule has 80 valence electrons. The molecular formula is C11H13ClN2O. The number of carbonyl (C=O) groups excluding carboxylic acids is 1. The summed E-state index contributed by atoms with van der Waals surface area (Å²) in [7, 11) is 0. The van der Waals surface area contributed by atoms with Crippen LogP contribution in [0.2, 0.25) is 5.02 Å². The maximum absolute atomic E-state index is 11.5. The number of carbonyl (C=O) groups is 1. The fourth-order valence-corrected chi connectivity index (χ4v) is 2.04. The summed E-state index contributed by atoms with van der Waals surface area (Å²) in [5, 5.41) is 3.34. The molecule has 1 aliphatic heterocycles. The van der Waals surface area contributed by atoms with Crippen molar-refractivity contribution in [1.29, 1.82) is 0 Å². The number of halogens is 1. The molecule has 0 radical (unpaired) electrons. The van der Waals surface area contributed by atoms with E-state index in [4.69, 9.17) is 17.3 Å². The lowest BCUT2D eigenvalue weighted by atomic mass is 9.98. The van der Waals surface area contributed by atoms with Crippen LogP contribution in [0.1, 0.15) is 36.9 Å². The van der Waals surface area contributed by atoms with Crippen LogP contribution in [0.3, 0.4) is 0 Å². The molecule has 2 rings (SSSR count). The molecule has 0 fully saturated rings. The average Bonchev–Trinajstić information content (AvgIpc) is 2.45. The minimum atomic E-state index is -0.142. The van der Waals surface area contributed by atoms with Crippen molar-refractivity contribution in [3.8, 4) is 0 Å². The number of hydrogen-bond donors (Lipinski definition) is 2. The molecular weight excluding hydrogens is 212 g/mol. The molecule has 0 aliphatic carbocycles. The summed E-state index contributed by atoms with van der Waals surface area (Å²) in [4.78, 5) is 11.5. The number of rotatable bonds is 1. The highest BCUT2D eigenvalue weighted by Crippen LogP contribution is 2.39. The molecule has 4 heteroatoms. The second kappa shape index (κ2) is 3.51. The average molecular weight is 225 g/mol. The topological polar surface area (TPSA) is 55.1 Å². The zero-order valence-electron chi connectivity index (χ0n) is 8.67. The third-order valence-corrected chi connectivity index (χ3v) is 3.07. The van der Waals surface area contributed by atoms with E-state index in [0.717, 1.165) is 16.8 Å². The van der Waals surface area contributed by atoms with Crippen LogP contribution in [0.5, 0.6) is 0 Å². The first-order chi connectivity index (χ1) is 7.00. The Kier molecular flexibility index (Phi) is 2.44. The number of anilines is 1. The van der Waals surface area contributed by atoms with Gasteiger partial charge in [0.15, 0.2) is 0 Å². The van der Waals surface area contributed by atoms with Gasteiger partial charge in [-0.1, -0.05) is 17.7 Å². The Morgan fingerprint density at radius 3 is 2.80 bits per heavy atom. The minimum absolute atomic E-state index is 0.00581. The SMILES string of the molecule is CC(N)c1cc(Cl)c2c(c1)C(C)C(=O)N2. The fourth-order valence-electron chi connectivity index (χ4n) is 1.76. The number of fused-ring (bicyclic) bond motifs is 1. The summed E-state index contributed by atoms with van der Waals surface area (Å²) in [5.74, 6) is -0.148. The molecule has 2 atom stereocenters. The van der Waals surface area contributed by atoms with E-state index in [0.29, 0.717) is 5.02 Å². The van der Waals surface area contributed by atoms with Crippen LogP contribution >= 0.6 is 11.6 Å². The second-order valence-electron chi connectivity index (χ2n) is 3.97. The van der Waals surface area contributed by atoms with Crippen molar-refractivity contribution < 1.29 is 4.79 Å². The van der Waals surface area contributed by atoms with Crippen molar-refractivity contribution in [2.24, 2.45) is 5.73 Å². The predicted molar refractivity (Wildman–Crippen MR) is 61.1 cm³/mol. The Morgan fingerprint density at radius 1 is 1.53 bits per heavy atom. The van der Waals surface area contributed by atoms with Gasteiger partial charge in [-0.05, 0) is 31.0 Å². The van der Waals surface area contributed by atoms with Crippen LogP contribution in [-0.4, -0.2) is 5.91 Å². The molecule has 3 nitrogen and oxygen atoms in total. The Bertz CT molecular complexity index is 429. The van der Waals surface area contributed by atoms with Crippen LogP contribution in [0.15, 0.2) is 12.1 Å². The summed E-state index contributed by atoms with van der Waals surface area (Å²) in [6.45, 7) is 3.76. The monoisotopic (exact) mass is 224 g/mol. The third kappa shape index (κ3) is 1.62. The number of hydrogen-bond acceptors (Lipinski definition) is 2. The Morgan fingerprint density at radius 2 is 2.20 bits per heavy atom. The van der Waals surface area contributed by atoms with E-state index >= 15 is 0 Å². The molecule has 1 heterocycles. The molecule has 1 aromatic carbocycles. The molecule has 1 aliphatic rings. The fraction of sp³-hybridized carbons (Fsp3) is 0.364. The van der Waals surface area contributed by atoms with E-state index in [1.54, 1.807) is 0 Å². The van der Waals surface area contributed by atoms with Crippen LogP contribution in [0.25, 0.3) is 0 Å². The van der Waals surface area contributed by atoms with Gasteiger partial charge in [-0.2, -0.15) is 0 Å². The Hall–Kier alpha value is -1.06. The zero-order valence-corrected chi connectivity index (χ0v) is 9.43. The van der Waals surface area contributed by atoms with Crippen LogP contribution < -0.4 is 11.1 Å². The van der Waals surface area contributed by atoms with Crippen molar-refractivity contribution in [3.05, 3.63) is 28.3 Å². The largest absolute Gasteiger partial charge is 0.324 e. The van der Waals surface area contributed by atoms with E-state index < -0.39 is 0 Å². The quantitative estimate of drug-likeness (QED) is 0.770. The number of benzene rings is 1. The molecule has 0 spiro atoms. The van der Waals surface area contributed by atoms with Gasteiger partial charge in [0.05, 0.1) is 16.6 Å². The van der Waals surface area contributed by atoms with Crippen molar-refractivity contribution in [3.63, 3.8) is 0 Å². The van der Waals surface area contributed by atoms with Crippen LogP contribution in [0.4, 0.5) is 5.69 Å². The lowest BCUT2D eigenvalue weighted by molar-refractivity contribution is -0.116. The molecule has 0 bridgehead atoms. The summed E-state index contributed by atoms with van der Waals surface area (Å²) >= 11 is 6.08. The van der Waals surface area contributed by atoms with Gasteiger partial charge in [-0.25, -0.2) is 0 Å². The van der Waals surface area contributed by atoms with Gasteiger partial charge in [0.25, 0.3) is 0 Å². The molecule has 1 aromatic rings. The Balaban J connectivity index is 2.57. The minimum Gasteiger partial charge on any atom is -0.324 e. The van der Waals surface area contributed by atoms with Gasteiger partial charge < -0.3 is 11.1 Å². The summed E-state index contributed by atoms with van der Waals surface area (Å²) < 4.78 is 0. The lowest BCUT2D eigenvalue weighted by Crippen LogP contribution is -2.08. The predicted octanol–water partition coefficient (Wildman–Crippen LogP) is 2.42. The van der Waals surface area contributed by atoms with Gasteiger partial charge in [0.1, 0.15) is 0 Å². The maximum Gasteiger partial charge on any atom is 0.231 e. The molecule has 3 N–H and O–H groups in total. The number of amides is 1. The molecule has 0 saturated carbocycles. The highest BCUT2D eigenvalue weighted by atomic mass is 35.5. The Labute approximate surface area is 93.6 Å². The standard InChI is InChI=1S/C11H13ClN2O/c1-5-8-3-7(6(2)13)4-9(12)10(8)14-11(5)15/h3-6H,13H2,1-2H3,(H,14,15). The molecule has 15 heavy (non-hydrogen) atoms. The third-order valence-electron chi connectivity index (χ3n) is 2.78. The van der Waals surface area contributed by atoms with Crippen LogP contribution in [-0.2, 0) is 4.79 Å². The van der Waals surface area contributed by atoms with E-state index in [1.165, 1.54) is 0 Å². The van der Waals surface area contributed by atoms with Gasteiger partial charge in [-0.15, -0.1) is 0 Å². The first-order valence-electron chi connectivity index (χ1n) is 4.90. The highest BCUT2D eigenvalue weighted by Gasteiger charge is 2.29. The number of nitrogens with one attached hydrogen (secondary N) is 1. The normalized spacial score (nSPS) is 21.1. The van der Waals surface area contributed by atoms with Gasteiger partial charge in [0.2, 0.25) is 5.91 Å². The molecule has 1 amide bonds. The second-order valence-corrected chi connectivity index (χ2v) is 4.37. The number of nitrogens with two attached hydrogens (primary N) is 1. The van der Waals surface area contributed by atoms with E-state index in [-0.39, 0.29) is 17.9 Å². The van der Waals surface area contributed by atoms with E-state index in [1.807, 2.05) is 26.0 Å². The van der Waals surface area contributed by atoms with Crippen molar-refractivity contribution in [2.75, 3.05) is 5.32 Å². The van der Waals surface area contributed by atoms with Crippen molar-refractivity contribution in [2.45, 2.75) is 25.8 Å². The molecule has 0 saturated heterocycles. The summed E-state index contributed by atoms with van der Waals surface area (Å²) in [6, 6.07) is 3.69. The first-order valence-corrected chi connectivity index (χ1v) is 5.28. The van der Waals surface area contributed by atoms with Gasteiger partial charge >= 0.3 is 0 Å². The molecule has 2 unspecified atom stereocenters. The summed E-state index contributed by atoms with van der Waals surface area (Å²) in [5.41, 5.74) is 8.43. The van der Waals surface area contributed by atoms with Gasteiger partial charge in [0, 0.05) is 6.04 Å². The van der Waals surface area contributed by atoms with E-state index in [2.05, 4.69) is 5.32 Å². The van der Waals surface area contributed by atoms with Crippen molar-refractivity contribution >= 4 is 23.2 Å². The highest BCUT2D eigenvalue weighted by molar-refractivity contribution is 6.34. The van der Waals surface area contributed by atoms with E-state index in [9.17, 15) is 4.79 Å². The maximum atomic E-state index is 11.5. The molecule has 0 aromatic heterocycles. The zero-order chi connectivity index (χ0) is 11.2. The smallest absolute Gasteiger partial charge is 0.231 e. The van der Waals surface area contributed by atoms with Crippen LogP contribution in [0, 0.1) is 0 Å². The lowest BCUT2D eigenvalue weighted by Gasteiger charge is -2.10. The first kappa shape index (κ1) is 10.5. The van der Waals surface area contributed by atoms with Gasteiger partial charge in [-0.3, -0.25) is 4.79 Å². The summed E-state index contributed by atoms with van der Waals surface area (Å²) in [6.07, 6.45) is 0.